The van der Waals surface area contributed by atoms with Crippen LogP contribution < -0.4 is 4.74 Å². The molecule has 1 aliphatic rings. The SMILES string of the molecule is COc1cc2c(cc1Br)C(c1ccccc1Cl)=N/C(=C(/C)N(C)C)C(SC)=N2. The van der Waals surface area contributed by atoms with Gasteiger partial charge < -0.3 is 9.64 Å². The summed E-state index contributed by atoms with van der Waals surface area (Å²) in [5, 5.41) is 1.49. The lowest BCUT2D eigenvalue weighted by Crippen LogP contribution is -2.14. The van der Waals surface area contributed by atoms with Gasteiger partial charge in [0.15, 0.2) is 0 Å². The van der Waals surface area contributed by atoms with Crippen molar-refractivity contribution in [1.29, 1.82) is 0 Å². The summed E-state index contributed by atoms with van der Waals surface area (Å²) in [7, 11) is 5.65. The van der Waals surface area contributed by atoms with E-state index in [0.717, 1.165) is 49.2 Å². The second-order valence-corrected chi connectivity index (χ2v) is 8.45. The van der Waals surface area contributed by atoms with Crippen molar-refractivity contribution in [2.45, 2.75) is 6.92 Å². The molecule has 0 atom stereocenters. The first kappa shape index (κ1) is 21.0. The van der Waals surface area contributed by atoms with E-state index in [0.29, 0.717) is 5.02 Å². The third-order valence-corrected chi connectivity index (χ3v) is 6.13. The van der Waals surface area contributed by atoms with Crippen LogP contribution in [-0.4, -0.2) is 43.1 Å². The molecule has 0 unspecified atom stereocenters. The van der Waals surface area contributed by atoms with E-state index in [9.17, 15) is 0 Å². The molecular weight excluding hydrogens is 458 g/mol. The van der Waals surface area contributed by atoms with Gasteiger partial charge in [0.2, 0.25) is 0 Å². The second-order valence-electron chi connectivity index (χ2n) is 6.39. The highest BCUT2D eigenvalue weighted by Crippen LogP contribution is 2.39. The molecule has 0 saturated heterocycles. The number of ether oxygens (including phenoxy) is 1. The number of hydrogen-bond acceptors (Lipinski definition) is 5. The van der Waals surface area contributed by atoms with Gasteiger partial charge in [-0.1, -0.05) is 29.8 Å². The summed E-state index contributed by atoms with van der Waals surface area (Å²) < 4.78 is 6.33. The Bertz CT molecular complexity index is 1010. The van der Waals surface area contributed by atoms with E-state index in [1.807, 2.05) is 68.6 Å². The first-order valence-electron chi connectivity index (χ1n) is 8.60. The van der Waals surface area contributed by atoms with E-state index in [4.69, 9.17) is 26.3 Å². The van der Waals surface area contributed by atoms with Crippen LogP contribution >= 0.6 is 39.3 Å². The van der Waals surface area contributed by atoms with Crippen LogP contribution in [0, 0.1) is 0 Å². The molecule has 1 aliphatic heterocycles. The Hall–Kier alpha value is -1.76. The van der Waals surface area contributed by atoms with Crippen molar-refractivity contribution in [2.24, 2.45) is 9.98 Å². The molecule has 0 aliphatic carbocycles. The van der Waals surface area contributed by atoms with Crippen molar-refractivity contribution in [2.75, 3.05) is 27.5 Å². The molecule has 3 rings (SSSR count). The lowest BCUT2D eigenvalue weighted by molar-refractivity contribution is 0.412. The molecule has 4 nitrogen and oxygen atoms in total. The van der Waals surface area contributed by atoms with E-state index in [1.165, 1.54) is 0 Å². The Morgan fingerprint density at radius 2 is 1.86 bits per heavy atom. The van der Waals surface area contributed by atoms with Gasteiger partial charge in [-0.3, -0.25) is 0 Å². The Morgan fingerprint density at radius 3 is 2.46 bits per heavy atom. The van der Waals surface area contributed by atoms with Crippen molar-refractivity contribution in [3.05, 3.63) is 68.4 Å². The average Bonchev–Trinajstić information content (AvgIpc) is 2.83. The monoisotopic (exact) mass is 477 g/mol. The number of fused-ring (bicyclic) bond motifs is 1. The highest BCUT2D eigenvalue weighted by molar-refractivity contribution is 9.10. The lowest BCUT2D eigenvalue weighted by atomic mass is 10.0. The third kappa shape index (κ3) is 4.00. The highest BCUT2D eigenvalue weighted by atomic mass is 79.9. The van der Waals surface area contributed by atoms with E-state index in [-0.39, 0.29) is 0 Å². The van der Waals surface area contributed by atoms with Crippen molar-refractivity contribution in [3.63, 3.8) is 0 Å². The number of methoxy groups -OCH3 is 1. The van der Waals surface area contributed by atoms with Crippen LogP contribution in [0.3, 0.4) is 0 Å². The molecule has 2 aromatic carbocycles. The molecule has 0 bridgehead atoms. The molecular formula is C21H21BrClN3OS. The largest absolute Gasteiger partial charge is 0.495 e. The summed E-state index contributed by atoms with van der Waals surface area (Å²) in [5.41, 5.74) is 5.20. The topological polar surface area (TPSA) is 37.2 Å². The first-order valence-corrected chi connectivity index (χ1v) is 11.0. The van der Waals surface area contributed by atoms with Crippen LogP contribution in [0.1, 0.15) is 18.1 Å². The lowest BCUT2D eigenvalue weighted by Gasteiger charge is -2.17. The zero-order valence-corrected chi connectivity index (χ0v) is 19.5. The molecule has 2 aromatic rings. The molecule has 0 N–H and O–H groups in total. The number of halogens is 2. The van der Waals surface area contributed by atoms with E-state index >= 15 is 0 Å². The molecule has 146 valence electrons. The summed E-state index contributed by atoms with van der Waals surface area (Å²) >= 11 is 11.7. The number of thioether (sulfide) groups is 1. The third-order valence-electron chi connectivity index (χ3n) is 4.51. The zero-order valence-electron chi connectivity index (χ0n) is 16.4. The minimum absolute atomic E-state index is 0.647. The fourth-order valence-electron chi connectivity index (χ4n) is 2.81. The zero-order chi connectivity index (χ0) is 20.4. The van der Waals surface area contributed by atoms with Crippen molar-refractivity contribution in [1.82, 2.24) is 4.90 Å². The van der Waals surface area contributed by atoms with Gasteiger partial charge >= 0.3 is 0 Å². The van der Waals surface area contributed by atoms with Gasteiger partial charge in [0.1, 0.15) is 16.5 Å². The number of rotatable bonds is 3. The molecule has 7 heteroatoms. The summed E-state index contributed by atoms with van der Waals surface area (Å²) in [6, 6.07) is 11.7. The molecule has 0 radical (unpaired) electrons. The second kappa shape index (κ2) is 8.72. The molecule has 28 heavy (non-hydrogen) atoms. The number of nitrogens with zero attached hydrogens (tertiary/aromatic N) is 3. The van der Waals surface area contributed by atoms with Crippen molar-refractivity contribution < 1.29 is 4.74 Å². The fraction of sp³-hybridized carbons (Fsp3) is 0.238. The Balaban J connectivity index is 2.41. The van der Waals surface area contributed by atoms with Gasteiger partial charge in [0, 0.05) is 42.0 Å². The average molecular weight is 479 g/mol. The summed E-state index contributed by atoms with van der Waals surface area (Å²) in [6.07, 6.45) is 2.01. The quantitative estimate of drug-likeness (QED) is 0.531. The number of benzene rings is 2. The summed E-state index contributed by atoms with van der Waals surface area (Å²) in [4.78, 5) is 12.1. The van der Waals surface area contributed by atoms with Crippen LogP contribution in [0.15, 0.2) is 62.2 Å². The molecule has 0 spiro atoms. The van der Waals surface area contributed by atoms with Gasteiger partial charge in [0.05, 0.1) is 23.0 Å². The van der Waals surface area contributed by atoms with Gasteiger partial charge in [-0.2, -0.15) is 0 Å². The van der Waals surface area contributed by atoms with Crippen LogP contribution in [0.5, 0.6) is 5.75 Å². The maximum absolute atomic E-state index is 6.55. The maximum Gasteiger partial charge on any atom is 0.135 e. The predicted molar refractivity (Wildman–Crippen MR) is 125 cm³/mol. The van der Waals surface area contributed by atoms with E-state index in [1.54, 1.807) is 18.9 Å². The highest BCUT2D eigenvalue weighted by Gasteiger charge is 2.24. The molecule has 0 aromatic heterocycles. The van der Waals surface area contributed by atoms with Crippen molar-refractivity contribution >= 4 is 55.7 Å². The van der Waals surface area contributed by atoms with Gasteiger partial charge in [-0.05, 0) is 41.2 Å². The van der Waals surface area contributed by atoms with Gasteiger partial charge in [0.25, 0.3) is 0 Å². The Morgan fingerprint density at radius 1 is 1.14 bits per heavy atom. The van der Waals surface area contributed by atoms with Crippen LogP contribution in [-0.2, 0) is 0 Å². The fourth-order valence-corrected chi connectivity index (χ4v) is 4.12. The van der Waals surface area contributed by atoms with Crippen LogP contribution in [0.4, 0.5) is 5.69 Å². The summed E-state index contributed by atoms with van der Waals surface area (Å²) in [5.74, 6) is 0.721. The standard InChI is InChI=1S/C21H21BrClN3OS/c1-12(26(2)3)19-21(28-5)24-17-11-18(27-4)15(22)10-14(17)20(25-19)13-8-6-7-9-16(13)23/h6-11H,1-5H3/b19-12-. The summed E-state index contributed by atoms with van der Waals surface area (Å²) in [6.45, 7) is 2.04. The molecule has 0 saturated carbocycles. The normalized spacial score (nSPS) is 15.2. The molecule has 0 amide bonds. The van der Waals surface area contributed by atoms with E-state index in [2.05, 4.69) is 15.9 Å². The Kier molecular flexibility index (Phi) is 6.53. The first-order chi connectivity index (χ1) is 13.4. The minimum Gasteiger partial charge on any atom is -0.495 e. The minimum atomic E-state index is 0.647. The molecule has 1 heterocycles. The number of allylic oxidation sites excluding steroid dienone is 1. The van der Waals surface area contributed by atoms with Gasteiger partial charge in [-0.15, -0.1) is 11.8 Å². The Labute approximate surface area is 183 Å². The van der Waals surface area contributed by atoms with E-state index < -0.39 is 0 Å². The van der Waals surface area contributed by atoms with Crippen molar-refractivity contribution in [3.8, 4) is 5.75 Å². The van der Waals surface area contributed by atoms with Gasteiger partial charge in [-0.25, -0.2) is 9.98 Å². The van der Waals surface area contributed by atoms with Crippen LogP contribution in [0.2, 0.25) is 5.02 Å². The maximum atomic E-state index is 6.55. The molecule has 0 fully saturated rings. The van der Waals surface area contributed by atoms with Crippen LogP contribution in [0.25, 0.3) is 0 Å². The smallest absolute Gasteiger partial charge is 0.135 e. The number of hydrogen-bond donors (Lipinski definition) is 0. The number of aliphatic imine (C=N–C) groups is 2. The predicted octanol–water partition coefficient (Wildman–Crippen LogP) is 6.15.